The summed E-state index contributed by atoms with van der Waals surface area (Å²) < 4.78 is 79.6. The summed E-state index contributed by atoms with van der Waals surface area (Å²) in [6.07, 6.45) is -0.864. The van der Waals surface area contributed by atoms with Crippen molar-refractivity contribution in [2.24, 2.45) is 0 Å². The second-order valence-electron chi connectivity index (χ2n) is 6.44. The summed E-state index contributed by atoms with van der Waals surface area (Å²) in [6, 6.07) is 5.00. The quantitative estimate of drug-likeness (QED) is 0.341. The van der Waals surface area contributed by atoms with E-state index in [9.17, 15) is 26.7 Å². The Morgan fingerprint density at radius 2 is 1.22 bits per heavy atom. The van der Waals surface area contributed by atoms with E-state index in [2.05, 4.69) is 0 Å². The van der Waals surface area contributed by atoms with E-state index in [4.69, 9.17) is 8.85 Å². The van der Waals surface area contributed by atoms with Crippen molar-refractivity contribution in [1.82, 2.24) is 0 Å². The molecule has 0 bridgehead atoms. The lowest BCUT2D eigenvalue weighted by molar-refractivity contribution is 0.0605. The number of rotatable bonds is 6. The molecule has 2 aromatic carbocycles. The Bertz CT molecular complexity index is 803. The summed E-state index contributed by atoms with van der Waals surface area (Å²) in [5, 5.41) is 0.0753. The molecule has 0 atom stereocenters. The van der Waals surface area contributed by atoms with Crippen LogP contribution in [0, 0.1) is 29.1 Å². The highest BCUT2D eigenvalue weighted by Gasteiger charge is 2.42. The summed E-state index contributed by atoms with van der Waals surface area (Å²) in [6.45, 7) is 6.65. The summed E-state index contributed by atoms with van der Waals surface area (Å²) >= 11 is 0. The highest BCUT2D eigenvalue weighted by atomic mass is 28.4. The van der Waals surface area contributed by atoms with E-state index >= 15 is 0 Å². The maximum atomic E-state index is 14.1. The zero-order valence-corrected chi connectivity index (χ0v) is 16.1. The molecule has 27 heavy (non-hydrogen) atoms. The molecule has 1 N–H and O–H groups in total. The summed E-state index contributed by atoms with van der Waals surface area (Å²) in [7, 11) is -4.00. The summed E-state index contributed by atoms with van der Waals surface area (Å²) in [5.41, 5.74) is -1.38. The molecule has 0 saturated carbocycles. The Kier molecular flexibility index (Phi) is 6.41. The van der Waals surface area contributed by atoms with Gasteiger partial charge < -0.3 is 13.6 Å². The van der Waals surface area contributed by atoms with Crippen molar-refractivity contribution in [1.29, 1.82) is 0 Å². The summed E-state index contributed by atoms with van der Waals surface area (Å²) in [4.78, 5) is 10.9. The minimum absolute atomic E-state index is 0.0753. The summed E-state index contributed by atoms with van der Waals surface area (Å²) in [5.74, 6) is -10.2. The second kappa shape index (κ2) is 8.05. The molecule has 0 saturated heterocycles. The fourth-order valence-electron chi connectivity index (χ4n) is 2.53. The highest BCUT2D eigenvalue weighted by Crippen LogP contribution is 2.31. The average molecular weight is 406 g/mol. The molecule has 0 aliphatic carbocycles. The molecule has 2 aromatic rings. The Hall–Kier alpha value is -1.81. The third kappa shape index (κ3) is 4.37. The van der Waals surface area contributed by atoms with Crippen LogP contribution in [0.5, 0.6) is 0 Å². The molecule has 2 rings (SSSR count). The van der Waals surface area contributed by atoms with E-state index in [1.54, 1.807) is 27.7 Å². The molecule has 0 radical (unpaired) electrons. The molecule has 0 fully saturated rings. The van der Waals surface area contributed by atoms with Crippen molar-refractivity contribution in [3.05, 3.63) is 53.4 Å². The zero-order chi connectivity index (χ0) is 20.5. The van der Waals surface area contributed by atoms with Crippen molar-refractivity contribution in [2.75, 3.05) is 0 Å². The van der Waals surface area contributed by atoms with Crippen LogP contribution in [-0.2, 0) is 8.85 Å². The smallest absolute Gasteiger partial charge is 0.386 e. The fraction of sp³-hybridized carbons (Fsp3) is 0.333. The monoisotopic (exact) mass is 406 g/mol. The molecule has 0 unspecified atom stereocenters. The molecule has 0 aromatic heterocycles. The molecule has 9 heteroatoms. The predicted molar refractivity (Wildman–Crippen MR) is 91.7 cm³/mol. The number of hydrogen-bond acceptors (Lipinski definition) is 3. The maximum Gasteiger partial charge on any atom is 0.534 e. The van der Waals surface area contributed by atoms with Crippen LogP contribution in [0.2, 0.25) is 0 Å². The van der Waals surface area contributed by atoms with Gasteiger partial charge in [0.25, 0.3) is 0 Å². The van der Waals surface area contributed by atoms with Gasteiger partial charge in [0.15, 0.2) is 23.3 Å². The SMILES string of the molecule is CC(C)O[Si](O)(OC(C)C)c1cccc(-c2c(F)c(F)c(F)c(F)c2F)c1. The van der Waals surface area contributed by atoms with Crippen molar-refractivity contribution >= 4 is 14.0 Å². The van der Waals surface area contributed by atoms with Crippen LogP contribution < -0.4 is 5.19 Å². The van der Waals surface area contributed by atoms with Gasteiger partial charge in [0.1, 0.15) is 0 Å². The number of hydrogen-bond donors (Lipinski definition) is 1. The van der Waals surface area contributed by atoms with Gasteiger partial charge in [-0.15, -0.1) is 0 Å². The molecular formula is C18H19F5O3Si. The number of halogens is 5. The normalized spacial score (nSPS) is 12.3. The Labute approximate surface area is 154 Å². The third-order valence-corrected chi connectivity index (χ3v) is 6.14. The molecule has 148 valence electrons. The third-order valence-electron chi connectivity index (χ3n) is 3.52. The van der Waals surface area contributed by atoms with E-state index in [1.807, 2.05) is 0 Å². The van der Waals surface area contributed by atoms with Gasteiger partial charge in [-0.2, -0.15) is 0 Å². The first-order valence-electron chi connectivity index (χ1n) is 8.18. The highest BCUT2D eigenvalue weighted by molar-refractivity contribution is 6.74. The van der Waals surface area contributed by atoms with Crippen LogP contribution in [0.15, 0.2) is 24.3 Å². The van der Waals surface area contributed by atoms with Crippen LogP contribution in [0.4, 0.5) is 22.0 Å². The van der Waals surface area contributed by atoms with E-state index in [-0.39, 0.29) is 10.8 Å². The molecule has 0 amide bonds. The second-order valence-corrected chi connectivity index (χ2v) is 8.65. The van der Waals surface area contributed by atoms with Gasteiger partial charge in [-0.1, -0.05) is 18.2 Å². The van der Waals surface area contributed by atoms with E-state index in [0.29, 0.717) is 0 Å². The Morgan fingerprint density at radius 1 is 0.778 bits per heavy atom. The maximum absolute atomic E-state index is 14.1. The first-order chi connectivity index (χ1) is 12.5. The first-order valence-corrected chi connectivity index (χ1v) is 9.94. The van der Waals surface area contributed by atoms with Gasteiger partial charge in [0.2, 0.25) is 5.82 Å². The molecule has 0 aliphatic rings. The van der Waals surface area contributed by atoms with Gasteiger partial charge in [-0.3, -0.25) is 0 Å². The minimum atomic E-state index is -4.00. The standard InChI is InChI=1S/C18H19F5O3Si/c1-9(2)25-27(24,26-10(3)4)12-7-5-6-11(8-12)13-14(19)16(21)18(23)17(22)15(13)20/h5-10,24H,1-4H3. The van der Waals surface area contributed by atoms with Gasteiger partial charge in [-0.25, -0.2) is 22.0 Å². The van der Waals surface area contributed by atoms with Crippen molar-refractivity contribution in [3.63, 3.8) is 0 Å². The van der Waals surface area contributed by atoms with Gasteiger partial charge >= 0.3 is 8.80 Å². The van der Waals surface area contributed by atoms with Gasteiger partial charge in [0.05, 0.1) is 5.56 Å². The van der Waals surface area contributed by atoms with E-state index in [0.717, 1.165) is 6.07 Å². The van der Waals surface area contributed by atoms with Crippen LogP contribution in [-0.4, -0.2) is 25.8 Å². The lowest BCUT2D eigenvalue weighted by Gasteiger charge is -2.28. The van der Waals surface area contributed by atoms with Crippen LogP contribution in [0.25, 0.3) is 11.1 Å². The number of benzene rings is 2. The van der Waals surface area contributed by atoms with Crippen LogP contribution in [0.1, 0.15) is 27.7 Å². The Morgan fingerprint density at radius 3 is 1.67 bits per heavy atom. The Balaban J connectivity index is 2.65. The van der Waals surface area contributed by atoms with E-state index in [1.165, 1.54) is 18.2 Å². The van der Waals surface area contributed by atoms with Crippen molar-refractivity contribution in [2.45, 2.75) is 39.9 Å². The lowest BCUT2D eigenvalue weighted by atomic mass is 10.0. The van der Waals surface area contributed by atoms with Crippen LogP contribution in [0.3, 0.4) is 0 Å². The van der Waals surface area contributed by atoms with Gasteiger partial charge in [-0.05, 0) is 39.3 Å². The van der Waals surface area contributed by atoms with Crippen LogP contribution >= 0.6 is 0 Å². The molecule has 0 heterocycles. The van der Waals surface area contributed by atoms with Crippen molar-refractivity contribution < 1.29 is 35.6 Å². The van der Waals surface area contributed by atoms with Crippen molar-refractivity contribution in [3.8, 4) is 11.1 Å². The molecule has 3 nitrogen and oxygen atoms in total. The topological polar surface area (TPSA) is 38.7 Å². The largest absolute Gasteiger partial charge is 0.534 e. The molecule has 0 aliphatic heterocycles. The average Bonchev–Trinajstić information content (AvgIpc) is 2.57. The van der Waals surface area contributed by atoms with E-state index < -0.39 is 55.7 Å². The minimum Gasteiger partial charge on any atom is -0.386 e. The van der Waals surface area contributed by atoms with Gasteiger partial charge in [0, 0.05) is 17.4 Å². The molecule has 0 spiro atoms. The zero-order valence-electron chi connectivity index (χ0n) is 15.1. The first kappa shape index (κ1) is 21.5. The lowest BCUT2D eigenvalue weighted by Crippen LogP contribution is -2.56. The molecular weight excluding hydrogens is 387 g/mol. The predicted octanol–water partition coefficient (Wildman–Crippen LogP) is 4.04. The fourth-order valence-corrected chi connectivity index (χ4v) is 4.78.